The van der Waals surface area contributed by atoms with Gasteiger partial charge in [-0.1, -0.05) is 18.2 Å². The molecule has 0 atom stereocenters. The molecule has 1 aliphatic rings. The first-order valence-electron chi connectivity index (χ1n) is 10.1. The van der Waals surface area contributed by atoms with Crippen LogP contribution < -0.4 is 14.7 Å². The van der Waals surface area contributed by atoms with Gasteiger partial charge in [0, 0.05) is 43.6 Å². The van der Waals surface area contributed by atoms with E-state index in [2.05, 4.69) is 24.8 Å². The Bertz CT molecular complexity index is 828. The van der Waals surface area contributed by atoms with Crippen LogP contribution >= 0.6 is 0 Å². The molecular formula is C23H29N3O2. The van der Waals surface area contributed by atoms with Gasteiger partial charge < -0.3 is 14.7 Å². The third-order valence-electron chi connectivity index (χ3n) is 5.37. The van der Waals surface area contributed by atoms with E-state index in [-0.39, 0.29) is 18.4 Å². The zero-order valence-corrected chi connectivity index (χ0v) is 17.0. The normalized spacial score (nSPS) is 13.0. The Hall–Kier alpha value is -2.82. The monoisotopic (exact) mass is 379 g/mol. The molecule has 0 saturated carbocycles. The molecule has 0 bridgehead atoms. The summed E-state index contributed by atoms with van der Waals surface area (Å²) in [4.78, 5) is 31.0. The minimum Gasteiger partial charge on any atom is -0.372 e. The topological polar surface area (TPSA) is 43.9 Å². The lowest BCUT2D eigenvalue weighted by Gasteiger charge is -2.31. The third kappa shape index (κ3) is 4.19. The van der Waals surface area contributed by atoms with Crippen LogP contribution in [0.15, 0.2) is 48.5 Å². The number of amides is 2. The lowest BCUT2D eigenvalue weighted by atomic mass is 10.0. The maximum absolute atomic E-state index is 13.0. The van der Waals surface area contributed by atoms with Gasteiger partial charge in [0.05, 0.1) is 0 Å². The van der Waals surface area contributed by atoms with E-state index in [0.29, 0.717) is 6.54 Å². The molecule has 2 aromatic carbocycles. The molecule has 148 valence electrons. The number of hydrogen-bond donors (Lipinski definition) is 0. The van der Waals surface area contributed by atoms with Crippen LogP contribution in [0.25, 0.3) is 0 Å². The number of para-hydroxylation sites is 1. The molecular weight excluding hydrogens is 350 g/mol. The first-order valence-corrected chi connectivity index (χ1v) is 10.1. The number of benzene rings is 2. The molecule has 3 rings (SSSR count). The van der Waals surface area contributed by atoms with E-state index < -0.39 is 0 Å². The van der Waals surface area contributed by atoms with E-state index in [9.17, 15) is 9.59 Å². The average Bonchev–Trinajstić information content (AvgIpc) is 2.72. The summed E-state index contributed by atoms with van der Waals surface area (Å²) in [5, 5.41) is 0. The number of hydrogen-bond acceptors (Lipinski definition) is 3. The van der Waals surface area contributed by atoms with Crippen LogP contribution in [0, 0.1) is 0 Å². The van der Waals surface area contributed by atoms with Crippen LogP contribution in [-0.2, 0) is 16.0 Å². The Morgan fingerprint density at radius 3 is 2.25 bits per heavy atom. The van der Waals surface area contributed by atoms with E-state index in [4.69, 9.17) is 0 Å². The van der Waals surface area contributed by atoms with Gasteiger partial charge in [-0.05, 0) is 62.6 Å². The zero-order chi connectivity index (χ0) is 20.1. The summed E-state index contributed by atoms with van der Waals surface area (Å²) < 4.78 is 0. The second-order valence-electron chi connectivity index (χ2n) is 7.07. The summed E-state index contributed by atoms with van der Waals surface area (Å²) in [5.74, 6) is -0.176. The number of rotatable bonds is 6. The predicted octanol–water partition coefficient (Wildman–Crippen LogP) is 3.87. The summed E-state index contributed by atoms with van der Waals surface area (Å²) in [6.07, 6.45) is 1.94. The zero-order valence-electron chi connectivity index (χ0n) is 17.0. The van der Waals surface area contributed by atoms with Crippen LogP contribution in [0.3, 0.4) is 0 Å². The fraction of sp³-hybridized carbons (Fsp3) is 0.391. The van der Waals surface area contributed by atoms with Crippen LogP contribution in [-0.4, -0.2) is 38.0 Å². The minimum atomic E-state index is -0.130. The Morgan fingerprint density at radius 2 is 1.61 bits per heavy atom. The third-order valence-corrected chi connectivity index (χ3v) is 5.37. The second kappa shape index (κ2) is 8.91. The van der Waals surface area contributed by atoms with Gasteiger partial charge in [0.15, 0.2) is 0 Å². The summed E-state index contributed by atoms with van der Waals surface area (Å²) in [6, 6.07) is 15.9. The van der Waals surface area contributed by atoms with Crippen molar-refractivity contribution < 1.29 is 9.59 Å². The van der Waals surface area contributed by atoms with Gasteiger partial charge in [-0.3, -0.25) is 9.59 Å². The second-order valence-corrected chi connectivity index (χ2v) is 7.07. The Morgan fingerprint density at radius 1 is 0.964 bits per heavy atom. The number of anilines is 3. The lowest BCUT2D eigenvalue weighted by Crippen LogP contribution is -2.44. The van der Waals surface area contributed by atoms with Gasteiger partial charge >= 0.3 is 0 Å². The maximum atomic E-state index is 13.0. The molecule has 0 fully saturated rings. The number of fused-ring (bicyclic) bond motifs is 1. The van der Waals surface area contributed by atoms with E-state index in [0.717, 1.165) is 43.0 Å². The fourth-order valence-corrected chi connectivity index (χ4v) is 3.83. The number of carbonyl (C=O) groups is 2. The number of nitrogens with zero attached hydrogens (tertiary/aromatic N) is 3. The summed E-state index contributed by atoms with van der Waals surface area (Å²) >= 11 is 0. The van der Waals surface area contributed by atoms with Gasteiger partial charge in [0.2, 0.25) is 11.8 Å². The highest BCUT2D eigenvalue weighted by atomic mass is 16.2. The SMILES string of the molecule is CCN(CC)c1ccc(N(CC(=O)N2CCCc3ccccc32)C(C)=O)cc1. The van der Waals surface area contributed by atoms with Gasteiger partial charge in [0.25, 0.3) is 0 Å². The molecule has 0 aliphatic carbocycles. The molecule has 0 radical (unpaired) electrons. The molecule has 1 heterocycles. The highest BCUT2D eigenvalue weighted by molar-refractivity contribution is 6.03. The van der Waals surface area contributed by atoms with Crippen LogP contribution in [0.5, 0.6) is 0 Å². The summed E-state index contributed by atoms with van der Waals surface area (Å²) in [6.45, 7) is 8.35. The molecule has 28 heavy (non-hydrogen) atoms. The molecule has 0 N–H and O–H groups in total. The van der Waals surface area contributed by atoms with Crippen molar-refractivity contribution in [2.45, 2.75) is 33.6 Å². The van der Waals surface area contributed by atoms with Crippen LogP contribution in [0.2, 0.25) is 0 Å². The molecule has 0 spiro atoms. The van der Waals surface area contributed by atoms with Crippen molar-refractivity contribution in [3.05, 3.63) is 54.1 Å². The quantitative estimate of drug-likeness (QED) is 0.765. The van der Waals surface area contributed by atoms with Gasteiger partial charge in [0.1, 0.15) is 6.54 Å². The number of aryl methyl sites for hydroxylation is 1. The molecule has 0 aromatic heterocycles. The smallest absolute Gasteiger partial charge is 0.247 e. The first-order chi connectivity index (χ1) is 13.5. The Balaban J connectivity index is 1.79. The maximum Gasteiger partial charge on any atom is 0.247 e. The van der Waals surface area contributed by atoms with E-state index >= 15 is 0 Å². The highest BCUT2D eigenvalue weighted by Gasteiger charge is 2.25. The van der Waals surface area contributed by atoms with Crippen molar-refractivity contribution in [1.82, 2.24) is 0 Å². The predicted molar refractivity (Wildman–Crippen MR) is 115 cm³/mol. The van der Waals surface area contributed by atoms with Crippen molar-refractivity contribution >= 4 is 28.9 Å². The van der Waals surface area contributed by atoms with Gasteiger partial charge in [-0.25, -0.2) is 0 Å². The molecule has 0 unspecified atom stereocenters. The van der Waals surface area contributed by atoms with Crippen molar-refractivity contribution in [2.75, 3.05) is 40.9 Å². The van der Waals surface area contributed by atoms with Gasteiger partial charge in [-0.2, -0.15) is 0 Å². The van der Waals surface area contributed by atoms with Crippen LogP contribution in [0.4, 0.5) is 17.1 Å². The molecule has 0 saturated heterocycles. The van der Waals surface area contributed by atoms with Crippen molar-refractivity contribution in [1.29, 1.82) is 0 Å². The van der Waals surface area contributed by atoms with E-state index in [1.165, 1.54) is 12.5 Å². The first kappa shape index (κ1) is 19.9. The highest BCUT2D eigenvalue weighted by Crippen LogP contribution is 2.27. The average molecular weight is 380 g/mol. The van der Waals surface area contributed by atoms with Crippen molar-refractivity contribution in [2.24, 2.45) is 0 Å². The summed E-state index contributed by atoms with van der Waals surface area (Å²) in [5.41, 5.74) is 4.04. The molecule has 1 aliphatic heterocycles. The van der Waals surface area contributed by atoms with E-state index in [1.54, 1.807) is 4.90 Å². The molecule has 5 nitrogen and oxygen atoms in total. The summed E-state index contributed by atoms with van der Waals surface area (Å²) in [7, 11) is 0. The lowest BCUT2D eigenvalue weighted by molar-refractivity contribution is -0.121. The largest absolute Gasteiger partial charge is 0.372 e. The molecule has 5 heteroatoms. The Kier molecular flexibility index (Phi) is 6.34. The standard InChI is InChI=1S/C23H29N3O2/c1-4-24(5-2)20-12-14-21(15-13-20)26(18(3)27)17-23(28)25-16-8-10-19-9-6-7-11-22(19)25/h6-7,9,11-15H,4-5,8,10,16-17H2,1-3H3. The molecule has 2 aromatic rings. The fourth-order valence-electron chi connectivity index (χ4n) is 3.83. The van der Waals surface area contributed by atoms with Crippen LogP contribution in [0.1, 0.15) is 32.8 Å². The minimum absolute atomic E-state index is 0.0461. The number of carbonyl (C=O) groups excluding carboxylic acids is 2. The van der Waals surface area contributed by atoms with E-state index in [1.807, 2.05) is 47.4 Å². The molecule has 2 amide bonds. The van der Waals surface area contributed by atoms with Gasteiger partial charge in [-0.15, -0.1) is 0 Å². The Labute approximate surface area is 167 Å². The van der Waals surface area contributed by atoms with Crippen molar-refractivity contribution in [3.63, 3.8) is 0 Å². The van der Waals surface area contributed by atoms with Crippen molar-refractivity contribution in [3.8, 4) is 0 Å².